The van der Waals surface area contributed by atoms with E-state index in [9.17, 15) is 9.90 Å². The lowest BCUT2D eigenvalue weighted by molar-refractivity contribution is 0.0927. The number of amides is 1. The molecule has 30 heavy (non-hydrogen) atoms. The van der Waals surface area contributed by atoms with Gasteiger partial charge in [0.25, 0.3) is 5.91 Å². The molecule has 3 aromatic rings. The van der Waals surface area contributed by atoms with Crippen molar-refractivity contribution in [2.75, 3.05) is 19.6 Å². The minimum absolute atomic E-state index is 0. The van der Waals surface area contributed by atoms with E-state index in [1.807, 2.05) is 42.5 Å². The molecule has 2 heterocycles. The highest BCUT2D eigenvalue weighted by atomic mass is 35.5. The quantitative estimate of drug-likeness (QED) is 0.566. The van der Waals surface area contributed by atoms with Crippen molar-refractivity contribution in [2.45, 2.75) is 19.4 Å². The van der Waals surface area contributed by atoms with Crippen molar-refractivity contribution in [3.05, 3.63) is 71.9 Å². The van der Waals surface area contributed by atoms with Gasteiger partial charge in [-0.15, -0.1) is 12.4 Å². The fourth-order valence-corrected chi connectivity index (χ4v) is 3.61. The van der Waals surface area contributed by atoms with E-state index in [0.717, 1.165) is 17.7 Å². The van der Waals surface area contributed by atoms with Crippen molar-refractivity contribution in [1.29, 1.82) is 0 Å². The molecule has 6 nitrogen and oxygen atoms in total. The van der Waals surface area contributed by atoms with Crippen molar-refractivity contribution in [2.24, 2.45) is 5.92 Å². The number of hydrogen-bond donors (Lipinski definition) is 3. The molecular weight excluding hydrogens is 400 g/mol. The maximum absolute atomic E-state index is 13.0. The Hall–Kier alpha value is -2.67. The van der Waals surface area contributed by atoms with Crippen LogP contribution in [0.15, 0.2) is 60.8 Å². The normalized spacial score (nSPS) is 18.1. The minimum atomic E-state index is -0.427. The molecule has 4 rings (SSSR count). The van der Waals surface area contributed by atoms with Crippen LogP contribution in [-0.2, 0) is 6.42 Å². The van der Waals surface area contributed by atoms with E-state index in [2.05, 4.69) is 29.7 Å². The first-order valence-corrected chi connectivity index (χ1v) is 10.1. The largest absolute Gasteiger partial charge is 0.391 e. The summed E-state index contributed by atoms with van der Waals surface area (Å²) in [5, 5.41) is 20.8. The molecule has 0 spiro atoms. The van der Waals surface area contributed by atoms with E-state index in [4.69, 9.17) is 5.10 Å². The second-order valence-corrected chi connectivity index (χ2v) is 7.42. The molecular formula is C23H27ClN4O2. The summed E-state index contributed by atoms with van der Waals surface area (Å²) in [4.78, 5) is 13.0. The Balaban J connectivity index is 0.00000256. The van der Waals surface area contributed by atoms with Crippen LogP contribution >= 0.6 is 12.4 Å². The van der Waals surface area contributed by atoms with Crippen LogP contribution in [0.25, 0.3) is 16.9 Å². The first kappa shape index (κ1) is 22.0. The van der Waals surface area contributed by atoms with E-state index in [1.165, 1.54) is 5.56 Å². The summed E-state index contributed by atoms with van der Waals surface area (Å²) in [6, 6.07) is 17.9. The lowest BCUT2D eigenvalue weighted by atomic mass is 10.0. The molecule has 7 heteroatoms. The van der Waals surface area contributed by atoms with Gasteiger partial charge in [0, 0.05) is 37.3 Å². The van der Waals surface area contributed by atoms with Crippen LogP contribution in [0.1, 0.15) is 22.8 Å². The van der Waals surface area contributed by atoms with Gasteiger partial charge in [0.05, 0.1) is 17.4 Å². The van der Waals surface area contributed by atoms with E-state index < -0.39 is 6.10 Å². The van der Waals surface area contributed by atoms with Gasteiger partial charge in [0.15, 0.2) is 0 Å². The number of aliphatic hydroxyl groups excluding tert-OH is 1. The van der Waals surface area contributed by atoms with Gasteiger partial charge >= 0.3 is 0 Å². The highest BCUT2D eigenvalue weighted by molar-refractivity contribution is 6.00. The number of hydrogen-bond acceptors (Lipinski definition) is 4. The Morgan fingerprint density at radius 2 is 1.90 bits per heavy atom. The van der Waals surface area contributed by atoms with Crippen molar-refractivity contribution >= 4 is 18.3 Å². The lowest BCUT2D eigenvalue weighted by Gasteiger charge is -2.14. The number of aromatic nitrogens is 2. The summed E-state index contributed by atoms with van der Waals surface area (Å²) in [5.41, 5.74) is 4.22. The summed E-state index contributed by atoms with van der Waals surface area (Å²) in [7, 11) is 0. The molecule has 2 unspecified atom stereocenters. The summed E-state index contributed by atoms with van der Waals surface area (Å²) in [5.74, 6) is -0.156. The second-order valence-electron chi connectivity index (χ2n) is 7.42. The SMILES string of the molecule is CCc1ccc(-c2nn(-c3ccccc3)cc2C(=O)NCC2CNCC2O)cc1.Cl. The molecule has 0 aliphatic carbocycles. The standard InChI is InChI=1S/C23H26N4O2.ClH/c1-2-16-8-10-17(11-9-16)22-20(15-27(26-22)19-6-4-3-5-7-19)23(29)25-13-18-12-24-14-21(18)28;/h3-11,15,18,21,24,28H,2,12-14H2,1H3,(H,25,29);1H. The summed E-state index contributed by atoms with van der Waals surface area (Å²) in [6.45, 7) is 3.82. The molecule has 0 bridgehead atoms. The van der Waals surface area contributed by atoms with Gasteiger partial charge in [-0.2, -0.15) is 5.10 Å². The van der Waals surface area contributed by atoms with E-state index >= 15 is 0 Å². The van der Waals surface area contributed by atoms with E-state index in [0.29, 0.717) is 30.9 Å². The van der Waals surface area contributed by atoms with Crippen LogP contribution in [0, 0.1) is 5.92 Å². The highest BCUT2D eigenvalue weighted by Gasteiger charge is 2.26. The molecule has 2 aromatic carbocycles. The van der Waals surface area contributed by atoms with Gasteiger partial charge in [-0.05, 0) is 24.1 Å². The fraction of sp³-hybridized carbons (Fsp3) is 0.304. The predicted octanol–water partition coefficient (Wildman–Crippen LogP) is 2.83. The van der Waals surface area contributed by atoms with Crippen LogP contribution in [0.2, 0.25) is 0 Å². The number of β-amino-alcohol motifs (C(OH)–C–C–N with tert-alkyl or cyclic N) is 1. The molecule has 0 radical (unpaired) electrons. The average molecular weight is 427 g/mol. The van der Waals surface area contributed by atoms with Gasteiger partial charge in [0.2, 0.25) is 0 Å². The molecule has 1 fully saturated rings. The Labute approximate surface area is 182 Å². The van der Waals surface area contributed by atoms with Crippen LogP contribution < -0.4 is 10.6 Å². The first-order valence-electron chi connectivity index (χ1n) is 10.1. The third-order valence-electron chi connectivity index (χ3n) is 5.44. The molecule has 1 amide bonds. The van der Waals surface area contributed by atoms with Crippen LogP contribution in [0.4, 0.5) is 0 Å². The van der Waals surface area contributed by atoms with Crippen LogP contribution in [0.5, 0.6) is 0 Å². The number of carbonyl (C=O) groups is 1. The summed E-state index contributed by atoms with van der Waals surface area (Å²) in [6.07, 6.45) is 2.31. The second kappa shape index (κ2) is 9.89. The van der Waals surface area contributed by atoms with Gasteiger partial charge < -0.3 is 15.7 Å². The molecule has 1 saturated heterocycles. The zero-order valence-electron chi connectivity index (χ0n) is 16.9. The highest BCUT2D eigenvalue weighted by Crippen LogP contribution is 2.24. The van der Waals surface area contributed by atoms with E-state index in [-0.39, 0.29) is 24.2 Å². The van der Waals surface area contributed by atoms with Crippen molar-refractivity contribution in [3.8, 4) is 16.9 Å². The number of nitrogens with zero attached hydrogens (tertiary/aromatic N) is 2. The number of nitrogens with one attached hydrogen (secondary N) is 2. The Bertz CT molecular complexity index is 973. The smallest absolute Gasteiger partial charge is 0.255 e. The maximum Gasteiger partial charge on any atom is 0.255 e. The lowest BCUT2D eigenvalue weighted by Crippen LogP contribution is -2.34. The van der Waals surface area contributed by atoms with Gasteiger partial charge in [-0.1, -0.05) is 49.4 Å². The number of aryl methyl sites for hydroxylation is 1. The third-order valence-corrected chi connectivity index (χ3v) is 5.44. The molecule has 3 N–H and O–H groups in total. The average Bonchev–Trinajstić information content (AvgIpc) is 3.39. The Morgan fingerprint density at radius 3 is 2.53 bits per heavy atom. The zero-order chi connectivity index (χ0) is 20.2. The Kier molecular flexibility index (Phi) is 7.26. The van der Waals surface area contributed by atoms with Gasteiger partial charge in [-0.25, -0.2) is 4.68 Å². The Morgan fingerprint density at radius 1 is 1.17 bits per heavy atom. The molecule has 158 valence electrons. The number of rotatable bonds is 6. The van der Waals surface area contributed by atoms with Gasteiger partial charge in [-0.3, -0.25) is 4.79 Å². The summed E-state index contributed by atoms with van der Waals surface area (Å²) < 4.78 is 1.74. The number of aliphatic hydroxyl groups is 1. The van der Waals surface area contributed by atoms with Crippen LogP contribution in [0.3, 0.4) is 0 Å². The first-order chi connectivity index (χ1) is 14.2. The molecule has 1 aromatic heterocycles. The fourth-order valence-electron chi connectivity index (χ4n) is 3.61. The minimum Gasteiger partial charge on any atom is -0.391 e. The number of benzene rings is 2. The monoisotopic (exact) mass is 426 g/mol. The molecule has 1 aliphatic rings. The molecule has 0 saturated carbocycles. The van der Waals surface area contributed by atoms with Crippen molar-refractivity contribution in [1.82, 2.24) is 20.4 Å². The van der Waals surface area contributed by atoms with Crippen LogP contribution in [-0.4, -0.2) is 46.5 Å². The van der Waals surface area contributed by atoms with Gasteiger partial charge in [0.1, 0.15) is 5.69 Å². The molecule has 1 aliphatic heterocycles. The summed E-state index contributed by atoms with van der Waals surface area (Å²) >= 11 is 0. The van der Waals surface area contributed by atoms with E-state index in [1.54, 1.807) is 10.9 Å². The molecule has 2 atom stereocenters. The maximum atomic E-state index is 13.0. The number of para-hydroxylation sites is 1. The third kappa shape index (κ3) is 4.73. The zero-order valence-corrected chi connectivity index (χ0v) is 17.7. The topological polar surface area (TPSA) is 79.2 Å². The number of halogens is 1. The van der Waals surface area contributed by atoms with Crippen molar-refractivity contribution < 1.29 is 9.90 Å². The van der Waals surface area contributed by atoms with Crippen molar-refractivity contribution in [3.63, 3.8) is 0 Å². The number of carbonyl (C=O) groups excluding carboxylic acids is 1. The predicted molar refractivity (Wildman–Crippen MR) is 120 cm³/mol.